The number of benzene rings is 2. The molecule has 2 aliphatic rings. The Balaban J connectivity index is 1.82. The van der Waals surface area contributed by atoms with Gasteiger partial charge in [-0.15, -0.1) is 4.40 Å². The van der Waals surface area contributed by atoms with Crippen LogP contribution in [0.25, 0.3) is 5.76 Å². The first-order valence-corrected chi connectivity index (χ1v) is 15.4. The van der Waals surface area contributed by atoms with Crippen molar-refractivity contribution in [3.8, 4) is 0 Å². The Bertz CT molecular complexity index is 1640. The van der Waals surface area contributed by atoms with Crippen molar-refractivity contribution >= 4 is 54.8 Å². The normalized spacial score (nSPS) is 18.3. The van der Waals surface area contributed by atoms with Gasteiger partial charge in [-0.3, -0.25) is 14.3 Å². The lowest BCUT2D eigenvalue weighted by molar-refractivity contribution is -0.136. The summed E-state index contributed by atoms with van der Waals surface area (Å²) in [6.07, 6.45) is 2.33. The first-order chi connectivity index (χ1) is 18.3. The minimum atomic E-state index is -4.46. The number of hydrogen-bond acceptors (Lipinski definition) is 8. The molecule has 4 N–H and O–H groups in total. The summed E-state index contributed by atoms with van der Waals surface area (Å²) >= 11 is 0. The van der Waals surface area contributed by atoms with Gasteiger partial charge in [0.1, 0.15) is 16.2 Å². The van der Waals surface area contributed by atoms with Crippen molar-refractivity contribution in [2.24, 2.45) is 4.40 Å². The second kappa shape index (κ2) is 10.1. The number of amidine groups is 1. The van der Waals surface area contributed by atoms with Crippen LogP contribution < -0.4 is 10.0 Å². The molecular weight excluding hydrogens is 546 g/mol. The largest absolute Gasteiger partial charge is 0.506 e. The van der Waals surface area contributed by atoms with E-state index in [2.05, 4.69) is 14.4 Å². The Morgan fingerprint density at radius 2 is 1.77 bits per heavy atom. The first kappa shape index (κ1) is 28.3. The summed E-state index contributed by atoms with van der Waals surface area (Å²) in [4.78, 5) is 24.8. The van der Waals surface area contributed by atoms with E-state index >= 15 is 0 Å². The number of carboxylic acids is 1. The molecule has 2 aromatic carbocycles. The Labute approximate surface area is 226 Å². The fraction of sp³-hybridized carbons (Fsp3) is 0.346. The average Bonchev–Trinajstić information content (AvgIpc) is 2.87. The lowest BCUT2D eigenvalue weighted by Gasteiger charge is -2.39. The van der Waals surface area contributed by atoms with Gasteiger partial charge >= 0.3 is 5.97 Å². The zero-order valence-electron chi connectivity index (χ0n) is 21.6. The number of nitrogens with one attached hydrogen (secondary N) is 2. The lowest BCUT2D eigenvalue weighted by Crippen LogP contribution is -2.44. The molecule has 0 aromatic heterocycles. The number of sulfonamides is 2. The number of hydrogen-bond donors (Lipinski definition) is 4. The molecule has 39 heavy (non-hydrogen) atoms. The third-order valence-electron chi connectivity index (χ3n) is 6.98. The number of aliphatic carboxylic acids is 1. The maximum atomic E-state index is 14.1. The highest BCUT2D eigenvalue weighted by atomic mass is 32.2. The maximum Gasteiger partial charge on any atom is 0.323 e. The molecule has 1 unspecified atom stereocenters. The molecule has 2 aromatic rings. The fourth-order valence-electron chi connectivity index (χ4n) is 5.12. The Hall–Kier alpha value is -3.71. The van der Waals surface area contributed by atoms with Gasteiger partial charge in [-0.05, 0) is 43.5 Å². The molecule has 1 aliphatic carbocycles. The molecule has 0 amide bonds. The average molecular weight is 576 g/mol. The number of carboxylic acid groups (broad SMARTS) is 1. The summed E-state index contributed by atoms with van der Waals surface area (Å²) in [5.41, 5.74) is -0.256. The van der Waals surface area contributed by atoms with Crippen LogP contribution in [0.3, 0.4) is 0 Å². The highest BCUT2D eigenvalue weighted by Gasteiger charge is 2.48. The van der Waals surface area contributed by atoms with Gasteiger partial charge in [-0.25, -0.2) is 8.42 Å². The highest BCUT2D eigenvalue weighted by Crippen LogP contribution is 2.46. The molecular formula is C26H29N3O8S2. The van der Waals surface area contributed by atoms with Crippen molar-refractivity contribution in [3.63, 3.8) is 0 Å². The predicted molar refractivity (Wildman–Crippen MR) is 147 cm³/mol. The van der Waals surface area contributed by atoms with Crippen LogP contribution >= 0.6 is 0 Å². The molecule has 0 saturated carbocycles. The number of carbonyl (C=O) groups excluding carboxylic acids is 1. The van der Waals surface area contributed by atoms with Gasteiger partial charge in [-0.2, -0.15) is 8.42 Å². The number of ketones is 1. The standard InChI is InChI=1S/C26H29N3O8S2/c1-4-12-26(13-5-2)18-9-7-6-8-17(18)22(30)21(23(26)31)24-27-19-11-10-16(14-20(19)39(36,37)29-24)28-38(34,35)15(3)25(32)33/h6-11,14-15,28,30H,4-5,12-13H2,1-3H3,(H,27,29)(H,32,33). The summed E-state index contributed by atoms with van der Waals surface area (Å²) in [7, 11) is -8.82. The number of Topliss-reactive ketones (excluding diaryl/α,β-unsaturated/α-hetero) is 1. The van der Waals surface area contributed by atoms with E-state index in [1.165, 1.54) is 12.1 Å². The highest BCUT2D eigenvalue weighted by molar-refractivity contribution is 7.94. The molecule has 0 bridgehead atoms. The van der Waals surface area contributed by atoms with Gasteiger partial charge in [-0.1, -0.05) is 51.0 Å². The Kier molecular flexibility index (Phi) is 7.34. The molecule has 11 nitrogen and oxygen atoms in total. The summed E-state index contributed by atoms with van der Waals surface area (Å²) < 4.78 is 57.0. The van der Waals surface area contributed by atoms with E-state index in [0.29, 0.717) is 36.8 Å². The molecule has 208 valence electrons. The fourth-order valence-corrected chi connectivity index (χ4v) is 7.17. The number of anilines is 2. The zero-order chi connectivity index (χ0) is 28.8. The van der Waals surface area contributed by atoms with Crippen LogP contribution in [0, 0.1) is 0 Å². The third-order valence-corrected chi connectivity index (χ3v) is 9.95. The first-order valence-electron chi connectivity index (χ1n) is 12.4. The Morgan fingerprint density at radius 3 is 2.38 bits per heavy atom. The lowest BCUT2D eigenvalue weighted by atomic mass is 9.63. The molecule has 1 aliphatic heterocycles. The summed E-state index contributed by atoms with van der Waals surface area (Å²) in [5.74, 6) is -2.71. The minimum Gasteiger partial charge on any atom is -0.506 e. The number of carbonyl (C=O) groups is 2. The molecule has 0 fully saturated rings. The molecule has 4 rings (SSSR count). The maximum absolute atomic E-state index is 14.1. The minimum absolute atomic E-state index is 0.0118. The van der Waals surface area contributed by atoms with Gasteiger partial charge in [0.05, 0.1) is 16.8 Å². The summed E-state index contributed by atoms with van der Waals surface area (Å²) in [6.45, 7) is 4.88. The number of aliphatic hydroxyl groups excluding tert-OH is 1. The van der Waals surface area contributed by atoms with Crippen molar-refractivity contribution < 1.29 is 36.6 Å². The van der Waals surface area contributed by atoms with Crippen LogP contribution in [0.1, 0.15) is 57.6 Å². The van der Waals surface area contributed by atoms with Crippen molar-refractivity contribution in [3.05, 3.63) is 59.2 Å². The second-order valence-corrected chi connectivity index (χ2v) is 13.1. The molecule has 1 atom stereocenters. The monoisotopic (exact) mass is 575 g/mol. The predicted octanol–water partition coefficient (Wildman–Crippen LogP) is 3.80. The van der Waals surface area contributed by atoms with E-state index in [4.69, 9.17) is 5.11 Å². The van der Waals surface area contributed by atoms with E-state index in [1.54, 1.807) is 18.2 Å². The molecule has 0 radical (unpaired) electrons. The third kappa shape index (κ3) is 4.80. The van der Waals surface area contributed by atoms with Crippen molar-refractivity contribution in [1.29, 1.82) is 0 Å². The van der Waals surface area contributed by atoms with E-state index in [1.807, 2.05) is 19.9 Å². The van der Waals surface area contributed by atoms with Gasteiger partial charge < -0.3 is 15.5 Å². The zero-order valence-corrected chi connectivity index (χ0v) is 23.2. The number of nitrogens with zero attached hydrogens (tertiary/aromatic N) is 1. The van der Waals surface area contributed by atoms with Crippen LogP contribution in [-0.2, 0) is 35.1 Å². The number of fused-ring (bicyclic) bond motifs is 2. The summed E-state index contributed by atoms with van der Waals surface area (Å²) in [5, 5.41) is 21.3. The van der Waals surface area contributed by atoms with Gasteiger partial charge in [0.15, 0.2) is 16.9 Å². The quantitative estimate of drug-likeness (QED) is 0.346. The SMILES string of the molecule is CCCC1(CCC)C(=O)C(C2=NS(=O)(=O)c3cc(NS(=O)(=O)C(C)C(=O)O)ccc3N2)=C(O)c2ccccc21. The van der Waals surface area contributed by atoms with Crippen molar-refractivity contribution in [2.75, 3.05) is 10.0 Å². The van der Waals surface area contributed by atoms with Gasteiger partial charge in [0, 0.05) is 5.56 Å². The van der Waals surface area contributed by atoms with Crippen LogP contribution in [0.4, 0.5) is 11.4 Å². The van der Waals surface area contributed by atoms with E-state index < -0.39 is 42.5 Å². The van der Waals surface area contributed by atoms with Crippen molar-refractivity contribution in [1.82, 2.24) is 0 Å². The van der Waals surface area contributed by atoms with Crippen LogP contribution in [-0.4, -0.2) is 49.9 Å². The van der Waals surface area contributed by atoms with Gasteiger partial charge in [0.25, 0.3) is 10.0 Å². The molecule has 13 heteroatoms. The van der Waals surface area contributed by atoms with E-state index in [9.17, 15) is 31.5 Å². The smallest absolute Gasteiger partial charge is 0.323 e. The molecule has 1 heterocycles. The molecule has 0 spiro atoms. The van der Waals surface area contributed by atoms with Crippen molar-refractivity contribution in [2.45, 2.75) is 62.0 Å². The number of rotatable bonds is 9. The summed E-state index contributed by atoms with van der Waals surface area (Å²) in [6, 6.07) is 10.5. The second-order valence-electron chi connectivity index (χ2n) is 9.56. The van der Waals surface area contributed by atoms with Gasteiger partial charge in [0.2, 0.25) is 10.0 Å². The number of aliphatic hydroxyl groups is 1. The topological polar surface area (TPSA) is 179 Å². The Morgan fingerprint density at radius 1 is 1.13 bits per heavy atom. The van der Waals surface area contributed by atoms with Crippen LogP contribution in [0.2, 0.25) is 0 Å². The van der Waals surface area contributed by atoms with E-state index in [-0.39, 0.29) is 33.4 Å². The molecule has 0 saturated heterocycles. The van der Waals surface area contributed by atoms with E-state index in [0.717, 1.165) is 13.0 Å². The van der Waals surface area contributed by atoms with Crippen LogP contribution in [0.15, 0.2) is 57.3 Å². The van der Waals surface area contributed by atoms with Crippen LogP contribution in [0.5, 0.6) is 0 Å².